The van der Waals surface area contributed by atoms with Crippen molar-refractivity contribution in [3.05, 3.63) is 57.5 Å². The summed E-state index contributed by atoms with van der Waals surface area (Å²) in [4.78, 5) is 35.4. The van der Waals surface area contributed by atoms with Crippen molar-refractivity contribution in [2.75, 3.05) is 10.2 Å². The van der Waals surface area contributed by atoms with E-state index in [1.54, 1.807) is 11.8 Å². The molecule has 3 rings (SSSR count). The van der Waals surface area contributed by atoms with Gasteiger partial charge in [0.1, 0.15) is 4.88 Å². The minimum atomic E-state index is -0.260. The maximum absolute atomic E-state index is 12.5. The van der Waals surface area contributed by atoms with Gasteiger partial charge in [0.25, 0.3) is 5.91 Å². The van der Waals surface area contributed by atoms with E-state index in [-0.39, 0.29) is 11.8 Å². The third-order valence-corrected chi connectivity index (χ3v) is 5.68. The second-order valence-electron chi connectivity index (χ2n) is 5.75. The SMILES string of the molecule is CC(=O)N(Cc1ccccc1)c1nc(C)c(C(=O)Nc2nc(C)cs2)s1. The van der Waals surface area contributed by atoms with Crippen LogP contribution in [0.4, 0.5) is 10.3 Å². The van der Waals surface area contributed by atoms with Crippen molar-refractivity contribution in [2.45, 2.75) is 27.3 Å². The molecule has 0 aliphatic rings. The van der Waals surface area contributed by atoms with Crippen molar-refractivity contribution in [2.24, 2.45) is 0 Å². The summed E-state index contributed by atoms with van der Waals surface area (Å²) in [5.74, 6) is -0.381. The van der Waals surface area contributed by atoms with Gasteiger partial charge in [-0.1, -0.05) is 41.7 Å². The maximum atomic E-state index is 12.5. The summed E-state index contributed by atoms with van der Waals surface area (Å²) in [7, 11) is 0. The summed E-state index contributed by atoms with van der Waals surface area (Å²) in [6, 6.07) is 9.69. The van der Waals surface area contributed by atoms with Crippen LogP contribution < -0.4 is 10.2 Å². The van der Waals surface area contributed by atoms with Gasteiger partial charge in [0.2, 0.25) is 5.91 Å². The zero-order valence-corrected chi connectivity index (χ0v) is 16.3. The number of nitrogens with zero attached hydrogens (tertiary/aromatic N) is 3. The van der Waals surface area contributed by atoms with Gasteiger partial charge in [0.05, 0.1) is 17.9 Å². The molecule has 1 N–H and O–H groups in total. The normalized spacial score (nSPS) is 10.6. The first-order valence-electron chi connectivity index (χ1n) is 7.97. The summed E-state index contributed by atoms with van der Waals surface area (Å²) in [6.07, 6.45) is 0. The first-order valence-corrected chi connectivity index (χ1v) is 9.66. The highest BCUT2D eigenvalue weighted by atomic mass is 32.1. The van der Waals surface area contributed by atoms with Crippen molar-refractivity contribution in [3.8, 4) is 0 Å². The van der Waals surface area contributed by atoms with Crippen molar-refractivity contribution in [3.63, 3.8) is 0 Å². The number of amides is 2. The molecule has 8 heteroatoms. The Morgan fingerprint density at radius 2 is 1.88 bits per heavy atom. The molecule has 0 bridgehead atoms. The first kappa shape index (κ1) is 18.2. The topological polar surface area (TPSA) is 75.2 Å². The zero-order chi connectivity index (χ0) is 18.7. The molecule has 3 aromatic rings. The third-order valence-electron chi connectivity index (χ3n) is 3.63. The number of thiazole rings is 2. The highest BCUT2D eigenvalue weighted by Crippen LogP contribution is 2.28. The lowest BCUT2D eigenvalue weighted by Gasteiger charge is -2.17. The summed E-state index contributed by atoms with van der Waals surface area (Å²) in [6.45, 7) is 5.55. The van der Waals surface area contributed by atoms with E-state index in [4.69, 9.17) is 0 Å². The van der Waals surface area contributed by atoms with Gasteiger partial charge >= 0.3 is 0 Å². The van der Waals surface area contributed by atoms with Crippen LogP contribution in [-0.4, -0.2) is 21.8 Å². The van der Waals surface area contributed by atoms with Crippen LogP contribution in [0.15, 0.2) is 35.7 Å². The van der Waals surface area contributed by atoms with Gasteiger partial charge in [0.15, 0.2) is 10.3 Å². The number of anilines is 2. The molecule has 0 saturated heterocycles. The molecule has 0 atom stereocenters. The molecule has 134 valence electrons. The molecule has 0 fully saturated rings. The number of rotatable bonds is 5. The molecular weight excluding hydrogens is 368 g/mol. The number of aryl methyl sites for hydroxylation is 2. The van der Waals surface area contributed by atoms with E-state index in [9.17, 15) is 9.59 Å². The standard InChI is InChI=1S/C18H18N4O2S2/c1-11-10-25-17(19-11)21-16(24)15-12(2)20-18(26-15)22(13(3)23)9-14-7-5-4-6-8-14/h4-8,10H,9H2,1-3H3,(H,19,21,24). The van der Waals surface area contributed by atoms with E-state index >= 15 is 0 Å². The van der Waals surface area contributed by atoms with Gasteiger partial charge in [-0.2, -0.15) is 0 Å². The summed E-state index contributed by atoms with van der Waals surface area (Å²) in [5, 5.41) is 5.72. The molecule has 0 radical (unpaired) electrons. The van der Waals surface area contributed by atoms with Crippen LogP contribution >= 0.6 is 22.7 Å². The molecule has 2 heterocycles. The molecule has 1 aromatic carbocycles. The molecule has 26 heavy (non-hydrogen) atoms. The first-order chi connectivity index (χ1) is 12.4. The van der Waals surface area contributed by atoms with E-state index in [2.05, 4.69) is 15.3 Å². The second kappa shape index (κ2) is 7.76. The largest absolute Gasteiger partial charge is 0.297 e. The fourth-order valence-electron chi connectivity index (χ4n) is 2.35. The Bertz CT molecular complexity index is 934. The Balaban J connectivity index is 1.82. The zero-order valence-electron chi connectivity index (χ0n) is 14.6. The van der Waals surface area contributed by atoms with Crippen molar-refractivity contribution in [1.82, 2.24) is 9.97 Å². The average Bonchev–Trinajstić information content (AvgIpc) is 3.19. The van der Waals surface area contributed by atoms with Gasteiger partial charge in [-0.05, 0) is 19.4 Å². The van der Waals surface area contributed by atoms with E-state index < -0.39 is 0 Å². The molecule has 2 amide bonds. The number of benzene rings is 1. The Hall–Kier alpha value is -2.58. The Morgan fingerprint density at radius 3 is 2.50 bits per heavy atom. The van der Waals surface area contributed by atoms with E-state index in [1.807, 2.05) is 42.6 Å². The minimum Gasteiger partial charge on any atom is -0.297 e. The molecular formula is C18H18N4O2S2. The number of carbonyl (C=O) groups is 2. The quantitative estimate of drug-likeness (QED) is 0.718. The van der Waals surface area contributed by atoms with E-state index in [1.165, 1.54) is 29.6 Å². The van der Waals surface area contributed by atoms with Gasteiger partial charge < -0.3 is 0 Å². The summed E-state index contributed by atoms with van der Waals surface area (Å²) < 4.78 is 0. The molecule has 0 unspecified atom stereocenters. The smallest absolute Gasteiger partial charge is 0.269 e. The number of hydrogen-bond donors (Lipinski definition) is 1. The number of carbonyl (C=O) groups excluding carboxylic acids is 2. The predicted molar refractivity (Wildman–Crippen MR) is 105 cm³/mol. The number of nitrogens with one attached hydrogen (secondary N) is 1. The predicted octanol–water partition coefficient (Wildman–Crippen LogP) is 4.02. The number of hydrogen-bond acceptors (Lipinski definition) is 6. The third kappa shape index (κ3) is 4.14. The van der Waals surface area contributed by atoms with Crippen LogP contribution in [-0.2, 0) is 11.3 Å². The van der Waals surface area contributed by atoms with E-state index in [0.29, 0.717) is 27.4 Å². The van der Waals surface area contributed by atoms with Crippen LogP contribution in [0.25, 0.3) is 0 Å². The maximum Gasteiger partial charge on any atom is 0.269 e. The average molecular weight is 387 g/mol. The second-order valence-corrected chi connectivity index (χ2v) is 7.59. The Kier molecular flexibility index (Phi) is 5.43. The van der Waals surface area contributed by atoms with Crippen molar-refractivity contribution in [1.29, 1.82) is 0 Å². The monoisotopic (exact) mass is 386 g/mol. The van der Waals surface area contributed by atoms with Gasteiger partial charge in [-0.15, -0.1) is 11.3 Å². The van der Waals surface area contributed by atoms with Crippen LogP contribution in [0.1, 0.15) is 33.5 Å². The summed E-state index contributed by atoms with van der Waals surface area (Å²) in [5.41, 5.74) is 2.45. The van der Waals surface area contributed by atoms with Gasteiger partial charge in [0, 0.05) is 12.3 Å². The lowest BCUT2D eigenvalue weighted by molar-refractivity contribution is -0.116. The van der Waals surface area contributed by atoms with Gasteiger partial charge in [-0.3, -0.25) is 19.8 Å². The Labute approximate surface area is 159 Å². The Morgan fingerprint density at radius 1 is 1.15 bits per heavy atom. The molecule has 0 aliphatic heterocycles. The summed E-state index contributed by atoms with van der Waals surface area (Å²) >= 11 is 2.58. The van der Waals surface area contributed by atoms with Crippen LogP contribution in [0.2, 0.25) is 0 Å². The lowest BCUT2D eigenvalue weighted by Crippen LogP contribution is -2.27. The van der Waals surface area contributed by atoms with Gasteiger partial charge in [-0.25, -0.2) is 9.97 Å². The van der Waals surface area contributed by atoms with Crippen LogP contribution in [0.5, 0.6) is 0 Å². The van der Waals surface area contributed by atoms with Crippen LogP contribution in [0, 0.1) is 13.8 Å². The molecule has 0 aliphatic carbocycles. The fourth-order valence-corrected chi connectivity index (χ4v) is 4.04. The molecule has 0 saturated carbocycles. The fraction of sp³-hybridized carbons (Fsp3) is 0.222. The molecule has 2 aromatic heterocycles. The highest BCUT2D eigenvalue weighted by molar-refractivity contribution is 7.18. The van der Waals surface area contributed by atoms with Crippen molar-refractivity contribution >= 4 is 44.8 Å². The molecule has 0 spiro atoms. The molecule has 6 nitrogen and oxygen atoms in total. The van der Waals surface area contributed by atoms with Crippen LogP contribution in [0.3, 0.4) is 0 Å². The lowest BCUT2D eigenvalue weighted by atomic mass is 10.2. The minimum absolute atomic E-state index is 0.120. The van der Waals surface area contributed by atoms with E-state index in [0.717, 1.165) is 11.3 Å². The number of aromatic nitrogens is 2. The van der Waals surface area contributed by atoms with Crippen molar-refractivity contribution < 1.29 is 9.59 Å². The highest BCUT2D eigenvalue weighted by Gasteiger charge is 2.22.